The molecule has 1 amide bonds. The number of nitrogens with two attached hydrogens (primary N) is 1. The van der Waals surface area contributed by atoms with Crippen LogP contribution in [0.15, 0.2) is 18.2 Å². The van der Waals surface area contributed by atoms with Gasteiger partial charge in [0.25, 0.3) is 0 Å². The summed E-state index contributed by atoms with van der Waals surface area (Å²) in [5.74, 6) is -0.999. The summed E-state index contributed by atoms with van der Waals surface area (Å²) in [6.45, 7) is 3.63. The van der Waals surface area contributed by atoms with Crippen molar-refractivity contribution in [2.45, 2.75) is 25.6 Å². The fourth-order valence-electron chi connectivity index (χ4n) is 1.45. The van der Waals surface area contributed by atoms with Crippen LogP contribution in [-0.4, -0.2) is 21.9 Å². The van der Waals surface area contributed by atoms with Gasteiger partial charge in [0, 0.05) is 28.1 Å². The first kappa shape index (κ1) is 14.6. The number of halogens is 1. The van der Waals surface area contributed by atoms with Gasteiger partial charge in [-0.05, 0) is 26.0 Å². The molecule has 1 unspecified atom stereocenters. The van der Waals surface area contributed by atoms with E-state index in [0.717, 1.165) is 0 Å². The summed E-state index contributed by atoms with van der Waals surface area (Å²) in [6, 6.07) is 4.29. The van der Waals surface area contributed by atoms with Crippen LogP contribution in [0.2, 0.25) is 0 Å². The first-order valence-electron chi connectivity index (χ1n) is 5.57. The molecule has 0 aliphatic heterocycles. The second-order valence-electron chi connectivity index (χ2n) is 4.26. The van der Waals surface area contributed by atoms with Crippen molar-refractivity contribution in [2.24, 2.45) is 0 Å². The van der Waals surface area contributed by atoms with Crippen molar-refractivity contribution >= 4 is 22.4 Å². The molecule has 4 nitrogen and oxygen atoms in total. The number of hydrogen-bond acceptors (Lipinski definition) is 3. The predicted octanol–water partition coefficient (Wildman–Crippen LogP) is 1.18. The number of nitrogen functional groups attached to an aromatic ring is 1. The van der Waals surface area contributed by atoms with Crippen molar-refractivity contribution in [1.29, 1.82) is 0 Å². The summed E-state index contributed by atoms with van der Waals surface area (Å²) in [7, 11) is -1.47. The number of benzene rings is 1. The number of carbonyl (C=O) groups excluding carboxylic acids is 1. The zero-order chi connectivity index (χ0) is 13.7. The highest BCUT2D eigenvalue weighted by molar-refractivity contribution is 7.84. The molecule has 0 radical (unpaired) electrons. The van der Waals surface area contributed by atoms with Crippen LogP contribution >= 0.6 is 0 Å². The molecule has 0 heterocycles. The van der Waals surface area contributed by atoms with E-state index in [0.29, 0.717) is 0 Å². The molecule has 0 bridgehead atoms. The Bertz CT molecular complexity index is 443. The van der Waals surface area contributed by atoms with Gasteiger partial charge in [0.1, 0.15) is 11.6 Å². The Morgan fingerprint density at radius 2 is 2.17 bits per heavy atom. The molecule has 0 aromatic heterocycles. The van der Waals surface area contributed by atoms with E-state index in [2.05, 4.69) is 5.32 Å². The Balaban J connectivity index is 2.63. The van der Waals surface area contributed by atoms with Crippen LogP contribution < -0.4 is 11.1 Å². The number of carbonyl (C=O) groups is 1. The van der Waals surface area contributed by atoms with E-state index in [4.69, 9.17) is 5.73 Å². The zero-order valence-electron chi connectivity index (χ0n) is 10.4. The van der Waals surface area contributed by atoms with Gasteiger partial charge >= 0.3 is 0 Å². The average molecular weight is 272 g/mol. The van der Waals surface area contributed by atoms with Crippen LogP contribution in [0.4, 0.5) is 10.1 Å². The zero-order valence-corrected chi connectivity index (χ0v) is 11.2. The van der Waals surface area contributed by atoms with Crippen molar-refractivity contribution in [3.63, 3.8) is 0 Å². The van der Waals surface area contributed by atoms with Gasteiger partial charge in [0.15, 0.2) is 0 Å². The van der Waals surface area contributed by atoms with E-state index < -0.39 is 16.6 Å². The van der Waals surface area contributed by atoms with Crippen molar-refractivity contribution < 1.29 is 13.4 Å². The third kappa shape index (κ3) is 4.44. The standard InChI is InChI=1S/C12H17FN2O2S/c1-8(2)15-12(16)7-18(17)6-9-10(13)4-3-5-11(9)14/h3-5,8H,6-7,14H2,1-2H3,(H,15,16). The highest BCUT2D eigenvalue weighted by Crippen LogP contribution is 2.17. The molecule has 6 heteroatoms. The first-order valence-corrected chi connectivity index (χ1v) is 7.06. The predicted molar refractivity (Wildman–Crippen MR) is 70.8 cm³/mol. The molecule has 18 heavy (non-hydrogen) atoms. The molecule has 100 valence electrons. The highest BCUT2D eigenvalue weighted by Gasteiger charge is 2.13. The summed E-state index contributed by atoms with van der Waals surface area (Å²) in [5.41, 5.74) is 6.07. The normalized spacial score (nSPS) is 12.4. The quantitative estimate of drug-likeness (QED) is 0.791. The highest BCUT2D eigenvalue weighted by atomic mass is 32.2. The van der Waals surface area contributed by atoms with E-state index >= 15 is 0 Å². The Morgan fingerprint density at radius 3 is 2.72 bits per heavy atom. The van der Waals surface area contributed by atoms with Crippen molar-refractivity contribution in [1.82, 2.24) is 5.32 Å². The minimum Gasteiger partial charge on any atom is -0.398 e. The molecule has 1 aromatic carbocycles. The molecule has 1 rings (SSSR count). The lowest BCUT2D eigenvalue weighted by Crippen LogP contribution is -2.34. The third-order valence-electron chi connectivity index (χ3n) is 2.20. The molecule has 0 saturated carbocycles. The van der Waals surface area contributed by atoms with Gasteiger partial charge < -0.3 is 11.1 Å². The summed E-state index contributed by atoms with van der Waals surface area (Å²) in [4.78, 5) is 11.4. The maximum absolute atomic E-state index is 13.4. The van der Waals surface area contributed by atoms with Crippen LogP contribution in [0, 0.1) is 5.82 Å². The van der Waals surface area contributed by atoms with Crippen molar-refractivity contribution in [3.8, 4) is 0 Å². The van der Waals surface area contributed by atoms with E-state index in [1.54, 1.807) is 6.07 Å². The van der Waals surface area contributed by atoms with Crippen LogP contribution in [0.25, 0.3) is 0 Å². The molecule has 0 saturated heterocycles. The van der Waals surface area contributed by atoms with Gasteiger partial charge in [-0.25, -0.2) is 4.39 Å². The fourth-order valence-corrected chi connectivity index (χ4v) is 2.55. The number of rotatable bonds is 5. The molecular formula is C12H17FN2O2S. The van der Waals surface area contributed by atoms with Gasteiger partial charge in [0.2, 0.25) is 5.91 Å². The third-order valence-corrected chi connectivity index (χ3v) is 3.40. The van der Waals surface area contributed by atoms with Crippen molar-refractivity contribution in [3.05, 3.63) is 29.6 Å². The molecule has 0 aliphatic carbocycles. The maximum Gasteiger partial charge on any atom is 0.232 e. The second-order valence-corrected chi connectivity index (χ2v) is 5.72. The van der Waals surface area contributed by atoms with Crippen LogP contribution in [0.3, 0.4) is 0 Å². The average Bonchev–Trinajstić information content (AvgIpc) is 2.22. The minimum absolute atomic E-state index is 0.00645. The molecule has 3 N–H and O–H groups in total. The summed E-state index contributed by atoms with van der Waals surface area (Å²) in [5, 5.41) is 2.63. The first-order chi connectivity index (χ1) is 8.40. The van der Waals surface area contributed by atoms with E-state index in [-0.39, 0.29) is 34.7 Å². The van der Waals surface area contributed by atoms with Gasteiger partial charge in [-0.15, -0.1) is 0 Å². The topological polar surface area (TPSA) is 72.2 Å². The summed E-state index contributed by atoms with van der Waals surface area (Å²) < 4.78 is 25.2. The Labute approximate surface area is 108 Å². The molecule has 0 fully saturated rings. The van der Waals surface area contributed by atoms with Gasteiger partial charge in [-0.1, -0.05) is 6.07 Å². The monoisotopic (exact) mass is 272 g/mol. The Kier molecular flexibility index (Phi) is 5.27. The maximum atomic E-state index is 13.4. The number of nitrogens with one attached hydrogen (secondary N) is 1. The largest absolute Gasteiger partial charge is 0.398 e. The van der Waals surface area contributed by atoms with Gasteiger partial charge in [0.05, 0.1) is 5.75 Å². The van der Waals surface area contributed by atoms with Gasteiger partial charge in [-0.3, -0.25) is 9.00 Å². The summed E-state index contributed by atoms with van der Waals surface area (Å²) >= 11 is 0. The van der Waals surface area contributed by atoms with Crippen molar-refractivity contribution in [2.75, 3.05) is 11.5 Å². The van der Waals surface area contributed by atoms with Crippen LogP contribution in [0.1, 0.15) is 19.4 Å². The number of anilines is 1. The van der Waals surface area contributed by atoms with Crippen LogP contribution in [-0.2, 0) is 21.3 Å². The Hall–Kier alpha value is -1.43. The lowest BCUT2D eigenvalue weighted by atomic mass is 10.2. The van der Waals surface area contributed by atoms with E-state index in [1.807, 2.05) is 13.8 Å². The number of hydrogen-bond donors (Lipinski definition) is 2. The lowest BCUT2D eigenvalue weighted by molar-refractivity contribution is -0.119. The van der Waals surface area contributed by atoms with Crippen LogP contribution in [0.5, 0.6) is 0 Å². The smallest absolute Gasteiger partial charge is 0.232 e. The lowest BCUT2D eigenvalue weighted by Gasteiger charge is -2.09. The fraction of sp³-hybridized carbons (Fsp3) is 0.417. The molecule has 0 aliphatic rings. The molecule has 1 aromatic rings. The second kappa shape index (κ2) is 6.49. The molecular weight excluding hydrogens is 255 g/mol. The minimum atomic E-state index is -1.47. The SMILES string of the molecule is CC(C)NC(=O)CS(=O)Cc1c(N)cccc1F. The number of amides is 1. The summed E-state index contributed by atoms with van der Waals surface area (Å²) in [6.07, 6.45) is 0. The Morgan fingerprint density at radius 1 is 1.50 bits per heavy atom. The van der Waals surface area contributed by atoms with E-state index in [1.165, 1.54) is 12.1 Å². The molecule has 1 atom stereocenters. The van der Waals surface area contributed by atoms with E-state index in [9.17, 15) is 13.4 Å². The molecule has 0 spiro atoms. The van der Waals surface area contributed by atoms with Gasteiger partial charge in [-0.2, -0.15) is 0 Å².